The van der Waals surface area contributed by atoms with Crippen molar-refractivity contribution in [1.82, 2.24) is 0 Å². The number of benzene rings is 1. The van der Waals surface area contributed by atoms with Gasteiger partial charge in [-0.3, -0.25) is 4.79 Å². The first-order valence-electron chi connectivity index (χ1n) is 3.78. The quantitative estimate of drug-likeness (QED) is 0.758. The van der Waals surface area contributed by atoms with E-state index in [9.17, 15) is 18.0 Å². The van der Waals surface area contributed by atoms with Crippen molar-refractivity contribution in [3.8, 4) is 0 Å². The van der Waals surface area contributed by atoms with Crippen molar-refractivity contribution >= 4 is 18.4 Å². The maximum atomic E-state index is 11.9. The second kappa shape index (κ2) is 4.04. The minimum absolute atomic E-state index is 0.290. The van der Waals surface area contributed by atoms with Gasteiger partial charge >= 0.3 is 6.18 Å². The van der Waals surface area contributed by atoms with Crippen LogP contribution in [0.3, 0.4) is 0 Å². The number of ketones is 1. The van der Waals surface area contributed by atoms with Crippen molar-refractivity contribution in [2.75, 3.05) is 0 Å². The molecule has 1 rings (SSSR count). The summed E-state index contributed by atoms with van der Waals surface area (Å²) in [6, 6.07) is 6.21. The molecule has 14 heavy (non-hydrogen) atoms. The maximum absolute atomic E-state index is 11.9. The summed E-state index contributed by atoms with van der Waals surface area (Å²) in [7, 11) is 0. The number of carbonyl (C=O) groups excluding carboxylic acids is 1. The zero-order valence-electron chi connectivity index (χ0n) is 7.01. The first-order valence-corrected chi connectivity index (χ1v) is 4.23. The van der Waals surface area contributed by atoms with Crippen LogP contribution in [-0.4, -0.2) is 12.0 Å². The Balaban J connectivity index is 2.80. The van der Waals surface area contributed by atoms with Crippen molar-refractivity contribution in [2.45, 2.75) is 17.5 Å². The molecule has 1 aromatic carbocycles. The van der Waals surface area contributed by atoms with Crippen LogP contribution in [0.4, 0.5) is 13.2 Å². The van der Waals surface area contributed by atoms with E-state index < -0.39 is 18.4 Å². The van der Waals surface area contributed by atoms with Crippen LogP contribution < -0.4 is 0 Å². The summed E-state index contributed by atoms with van der Waals surface area (Å²) in [4.78, 5) is 11.0. The number of halogens is 3. The standard InChI is InChI=1S/C9H7F3OS/c10-9(11,12)8(13)5-6-3-1-2-4-7(6)14/h1-4,14H,5H2. The molecule has 76 valence electrons. The molecule has 0 N–H and O–H groups in total. The highest BCUT2D eigenvalue weighted by Crippen LogP contribution is 2.21. The van der Waals surface area contributed by atoms with E-state index in [1.54, 1.807) is 18.2 Å². The summed E-state index contributed by atoms with van der Waals surface area (Å²) in [6.07, 6.45) is -5.42. The molecule has 1 aromatic rings. The molecule has 0 radical (unpaired) electrons. The Morgan fingerprint density at radius 3 is 2.36 bits per heavy atom. The molecule has 0 saturated heterocycles. The smallest absolute Gasteiger partial charge is 0.289 e. The Hall–Kier alpha value is -0.970. The van der Waals surface area contributed by atoms with E-state index in [0.29, 0.717) is 4.90 Å². The first kappa shape index (κ1) is 11.1. The molecule has 0 aliphatic carbocycles. The zero-order chi connectivity index (χ0) is 10.8. The van der Waals surface area contributed by atoms with Crippen LogP contribution in [0.2, 0.25) is 0 Å². The van der Waals surface area contributed by atoms with E-state index in [-0.39, 0.29) is 5.56 Å². The predicted octanol–water partition coefficient (Wildman–Crippen LogP) is 2.65. The van der Waals surface area contributed by atoms with E-state index >= 15 is 0 Å². The predicted molar refractivity (Wildman–Crippen MR) is 48.5 cm³/mol. The average molecular weight is 220 g/mol. The fourth-order valence-electron chi connectivity index (χ4n) is 0.934. The van der Waals surface area contributed by atoms with Crippen molar-refractivity contribution in [1.29, 1.82) is 0 Å². The van der Waals surface area contributed by atoms with Gasteiger partial charge in [0.1, 0.15) is 0 Å². The molecule has 0 aliphatic rings. The third-order valence-corrected chi connectivity index (χ3v) is 2.10. The van der Waals surface area contributed by atoms with Crippen LogP contribution in [0, 0.1) is 0 Å². The van der Waals surface area contributed by atoms with Crippen LogP contribution in [0.5, 0.6) is 0 Å². The van der Waals surface area contributed by atoms with E-state index in [4.69, 9.17) is 0 Å². The normalized spacial score (nSPS) is 11.4. The van der Waals surface area contributed by atoms with Crippen molar-refractivity contribution in [3.05, 3.63) is 29.8 Å². The largest absolute Gasteiger partial charge is 0.450 e. The second-order valence-corrected chi connectivity index (χ2v) is 3.21. The van der Waals surface area contributed by atoms with Crippen LogP contribution in [0.25, 0.3) is 0 Å². The topological polar surface area (TPSA) is 17.1 Å². The van der Waals surface area contributed by atoms with E-state index in [0.717, 1.165) is 0 Å². The summed E-state index contributed by atoms with van der Waals surface area (Å²) >= 11 is 3.95. The molecule has 0 atom stereocenters. The van der Waals surface area contributed by atoms with Gasteiger partial charge in [-0.25, -0.2) is 0 Å². The molecule has 0 saturated carbocycles. The monoisotopic (exact) mass is 220 g/mol. The highest BCUT2D eigenvalue weighted by atomic mass is 32.1. The summed E-state index contributed by atoms with van der Waals surface area (Å²) in [5.41, 5.74) is 0.290. The van der Waals surface area contributed by atoms with Crippen molar-refractivity contribution in [2.24, 2.45) is 0 Å². The van der Waals surface area contributed by atoms with E-state index in [1.165, 1.54) is 6.07 Å². The van der Waals surface area contributed by atoms with Gasteiger partial charge in [0.05, 0.1) is 0 Å². The summed E-state index contributed by atoms with van der Waals surface area (Å²) < 4.78 is 35.7. The van der Waals surface area contributed by atoms with Crippen molar-refractivity contribution < 1.29 is 18.0 Å². The Morgan fingerprint density at radius 2 is 1.86 bits per heavy atom. The minimum atomic E-state index is -4.77. The van der Waals surface area contributed by atoms with Gasteiger partial charge in [-0.05, 0) is 11.6 Å². The molecule has 0 amide bonds. The Bertz CT molecular complexity index is 346. The molecule has 0 spiro atoms. The van der Waals surface area contributed by atoms with Gasteiger partial charge in [-0.1, -0.05) is 18.2 Å². The number of hydrogen-bond acceptors (Lipinski definition) is 2. The van der Waals surface area contributed by atoms with Crippen LogP contribution in [0.1, 0.15) is 5.56 Å². The van der Waals surface area contributed by atoms with Gasteiger partial charge in [0.2, 0.25) is 5.78 Å². The molecule has 0 heterocycles. The molecule has 0 fully saturated rings. The summed E-state index contributed by atoms with van der Waals surface area (Å²) in [5.74, 6) is -1.75. The Kier molecular flexibility index (Phi) is 3.21. The number of hydrogen-bond donors (Lipinski definition) is 1. The van der Waals surface area contributed by atoms with Gasteiger partial charge in [-0.2, -0.15) is 13.2 Å². The summed E-state index contributed by atoms with van der Waals surface area (Å²) in [6.45, 7) is 0. The SMILES string of the molecule is O=C(Cc1ccccc1S)C(F)(F)F. The Labute approximate surface area is 84.3 Å². The van der Waals surface area contributed by atoms with Crippen LogP contribution in [-0.2, 0) is 11.2 Å². The van der Waals surface area contributed by atoms with Crippen LogP contribution in [0.15, 0.2) is 29.2 Å². The van der Waals surface area contributed by atoms with Gasteiger partial charge in [0.25, 0.3) is 0 Å². The average Bonchev–Trinajstić information content (AvgIpc) is 2.07. The fraction of sp³-hybridized carbons (Fsp3) is 0.222. The van der Waals surface area contributed by atoms with Gasteiger partial charge < -0.3 is 0 Å². The fourth-order valence-corrected chi connectivity index (χ4v) is 1.17. The number of carbonyl (C=O) groups is 1. The van der Waals surface area contributed by atoms with Crippen molar-refractivity contribution in [3.63, 3.8) is 0 Å². The molecule has 0 aromatic heterocycles. The number of thiol groups is 1. The maximum Gasteiger partial charge on any atom is 0.450 e. The number of Topliss-reactive ketones (excluding diaryl/α,β-unsaturated/α-hetero) is 1. The van der Waals surface area contributed by atoms with Crippen LogP contribution >= 0.6 is 12.6 Å². The lowest BCUT2D eigenvalue weighted by Gasteiger charge is -2.06. The number of rotatable bonds is 2. The first-order chi connectivity index (χ1) is 6.41. The Morgan fingerprint density at radius 1 is 1.29 bits per heavy atom. The minimum Gasteiger partial charge on any atom is -0.289 e. The van der Waals surface area contributed by atoms with Gasteiger partial charge in [0.15, 0.2) is 0 Å². The molecule has 0 unspecified atom stereocenters. The lowest BCUT2D eigenvalue weighted by molar-refractivity contribution is -0.170. The zero-order valence-corrected chi connectivity index (χ0v) is 7.90. The molecule has 1 nitrogen and oxygen atoms in total. The van der Waals surface area contributed by atoms with Gasteiger partial charge in [0, 0.05) is 11.3 Å². The highest BCUT2D eigenvalue weighted by Gasteiger charge is 2.37. The van der Waals surface area contributed by atoms with Gasteiger partial charge in [-0.15, -0.1) is 12.6 Å². The lowest BCUT2D eigenvalue weighted by atomic mass is 10.1. The number of alkyl halides is 3. The second-order valence-electron chi connectivity index (χ2n) is 2.73. The third kappa shape index (κ3) is 2.77. The van der Waals surface area contributed by atoms with E-state index in [1.807, 2.05) is 0 Å². The molecule has 5 heteroatoms. The lowest BCUT2D eigenvalue weighted by Crippen LogP contribution is -2.24. The van der Waals surface area contributed by atoms with E-state index in [2.05, 4.69) is 12.6 Å². The molecular weight excluding hydrogens is 213 g/mol. The third-order valence-electron chi connectivity index (χ3n) is 1.66. The molecule has 0 aliphatic heterocycles. The highest BCUT2D eigenvalue weighted by molar-refractivity contribution is 7.80. The molecule has 0 bridgehead atoms. The molecular formula is C9H7F3OS. The summed E-state index contributed by atoms with van der Waals surface area (Å²) in [5, 5.41) is 0.